The summed E-state index contributed by atoms with van der Waals surface area (Å²) in [5.41, 5.74) is 3.68. The summed E-state index contributed by atoms with van der Waals surface area (Å²) in [6.45, 7) is 10.9. The summed E-state index contributed by atoms with van der Waals surface area (Å²) in [5, 5.41) is 3.00. The van der Waals surface area contributed by atoms with Gasteiger partial charge in [-0.1, -0.05) is 55.8 Å². The molecule has 0 aliphatic rings. The molecule has 0 saturated carbocycles. The Bertz CT molecular complexity index is 1490. The van der Waals surface area contributed by atoms with Gasteiger partial charge in [0, 0.05) is 12.6 Å². The number of amides is 2. The van der Waals surface area contributed by atoms with Crippen molar-refractivity contribution in [1.29, 1.82) is 0 Å². The number of rotatable bonds is 13. The summed E-state index contributed by atoms with van der Waals surface area (Å²) < 4.78 is 34.8. The summed E-state index contributed by atoms with van der Waals surface area (Å²) >= 11 is 0. The van der Waals surface area contributed by atoms with Crippen LogP contribution in [0.25, 0.3) is 0 Å². The number of ether oxygens (including phenoxy) is 1. The monoisotopic (exact) mass is 593 g/mol. The van der Waals surface area contributed by atoms with E-state index in [9.17, 15) is 18.0 Å². The van der Waals surface area contributed by atoms with Crippen LogP contribution >= 0.6 is 0 Å². The molecular formula is C33H43N3O5S. The second-order valence-corrected chi connectivity index (χ2v) is 12.6. The molecule has 0 bridgehead atoms. The van der Waals surface area contributed by atoms with Gasteiger partial charge in [-0.25, -0.2) is 8.42 Å². The van der Waals surface area contributed by atoms with E-state index in [1.54, 1.807) is 43.5 Å². The van der Waals surface area contributed by atoms with Gasteiger partial charge in [0.1, 0.15) is 18.3 Å². The normalized spacial score (nSPS) is 12.7. The van der Waals surface area contributed by atoms with Crippen molar-refractivity contribution < 1.29 is 22.7 Å². The number of benzene rings is 3. The number of hydrogen-bond acceptors (Lipinski definition) is 5. The van der Waals surface area contributed by atoms with Crippen LogP contribution in [-0.2, 0) is 26.2 Å². The standard InChI is InChI=1S/C33H43N3O5S/c1-8-26(6)34-33(38)30(9-2)35(21-27-11-10-12-28(20-27)41-7)32(37)22-36(31-19-24(4)13-16-25(31)5)42(39,40)29-17-14-23(3)15-18-29/h10-20,26,30H,8-9,21-22H2,1-7H3,(H,34,38)/t26-,30+/m0/s1. The van der Waals surface area contributed by atoms with Crippen LogP contribution in [0.5, 0.6) is 5.75 Å². The SMILES string of the molecule is CC[C@H](C(=O)N[C@@H](C)CC)N(Cc1cccc(OC)c1)C(=O)CN(c1cc(C)ccc1C)S(=O)(=O)c1ccc(C)cc1. The summed E-state index contributed by atoms with van der Waals surface area (Å²) in [4.78, 5) is 29.3. The Kier molecular flexibility index (Phi) is 11.2. The van der Waals surface area contributed by atoms with Gasteiger partial charge in [-0.2, -0.15) is 0 Å². The predicted molar refractivity (Wildman–Crippen MR) is 167 cm³/mol. The van der Waals surface area contributed by atoms with E-state index in [2.05, 4.69) is 5.32 Å². The fraction of sp³-hybridized carbons (Fsp3) is 0.394. The van der Waals surface area contributed by atoms with Crippen LogP contribution in [0.4, 0.5) is 5.69 Å². The number of carbonyl (C=O) groups is 2. The number of aryl methyl sites for hydroxylation is 3. The van der Waals surface area contributed by atoms with E-state index in [1.165, 1.54) is 9.21 Å². The van der Waals surface area contributed by atoms with Crippen LogP contribution < -0.4 is 14.4 Å². The Labute approximate surface area is 250 Å². The average Bonchev–Trinajstić information content (AvgIpc) is 2.97. The number of nitrogens with zero attached hydrogens (tertiary/aromatic N) is 2. The second kappa shape index (κ2) is 14.4. The van der Waals surface area contributed by atoms with Crippen LogP contribution in [0, 0.1) is 20.8 Å². The summed E-state index contributed by atoms with van der Waals surface area (Å²) in [5.74, 6) is -0.140. The van der Waals surface area contributed by atoms with Crippen molar-refractivity contribution in [1.82, 2.24) is 10.2 Å². The lowest BCUT2D eigenvalue weighted by Crippen LogP contribution is -2.53. The van der Waals surface area contributed by atoms with Gasteiger partial charge in [0.15, 0.2) is 0 Å². The Morgan fingerprint density at radius 3 is 2.19 bits per heavy atom. The molecule has 0 aliphatic carbocycles. The van der Waals surface area contributed by atoms with Crippen LogP contribution in [0.3, 0.4) is 0 Å². The average molecular weight is 594 g/mol. The van der Waals surface area contributed by atoms with Crippen LogP contribution in [0.15, 0.2) is 71.6 Å². The number of sulfonamides is 1. The molecular weight excluding hydrogens is 550 g/mol. The zero-order valence-electron chi connectivity index (χ0n) is 25.7. The highest BCUT2D eigenvalue weighted by molar-refractivity contribution is 7.92. The Hall–Kier alpha value is -3.85. The maximum absolute atomic E-state index is 14.3. The maximum atomic E-state index is 14.3. The molecule has 9 heteroatoms. The summed E-state index contributed by atoms with van der Waals surface area (Å²) in [6, 6.07) is 18.5. The number of methoxy groups -OCH3 is 1. The third-order valence-electron chi connectivity index (χ3n) is 7.40. The molecule has 1 N–H and O–H groups in total. The van der Waals surface area contributed by atoms with Gasteiger partial charge in [0.25, 0.3) is 10.0 Å². The minimum absolute atomic E-state index is 0.0753. The molecule has 0 unspecified atom stereocenters. The molecule has 0 heterocycles. The Balaban J connectivity index is 2.11. The molecule has 3 aromatic rings. The van der Waals surface area contributed by atoms with E-state index in [1.807, 2.05) is 71.9 Å². The summed E-state index contributed by atoms with van der Waals surface area (Å²) in [6.07, 6.45) is 1.09. The number of hydrogen-bond donors (Lipinski definition) is 1. The van der Waals surface area contributed by atoms with Gasteiger partial charge in [-0.3, -0.25) is 13.9 Å². The van der Waals surface area contributed by atoms with E-state index in [-0.39, 0.29) is 23.4 Å². The van der Waals surface area contributed by atoms with Gasteiger partial charge in [0.05, 0.1) is 17.7 Å². The van der Waals surface area contributed by atoms with Gasteiger partial charge >= 0.3 is 0 Å². The number of anilines is 1. The van der Waals surface area contributed by atoms with Gasteiger partial charge < -0.3 is 15.0 Å². The first kappa shape index (κ1) is 32.7. The fourth-order valence-corrected chi connectivity index (χ4v) is 6.14. The predicted octanol–water partition coefficient (Wildman–Crippen LogP) is 5.54. The minimum Gasteiger partial charge on any atom is -0.497 e. The van der Waals surface area contributed by atoms with E-state index in [0.29, 0.717) is 23.4 Å². The third kappa shape index (κ3) is 7.91. The topological polar surface area (TPSA) is 96.0 Å². The molecule has 2 amide bonds. The highest BCUT2D eigenvalue weighted by Gasteiger charge is 2.34. The number of nitrogens with one attached hydrogen (secondary N) is 1. The second-order valence-electron chi connectivity index (χ2n) is 10.7. The molecule has 0 aromatic heterocycles. The van der Waals surface area contributed by atoms with Crippen LogP contribution in [0.1, 0.15) is 55.9 Å². The van der Waals surface area contributed by atoms with Crippen molar-refractivity contribution in [2.24, 2.45) is 0 Å². The molecule has 0 spiro atoms. The minimum atomic E-state index is -4.13. The van der Waals surface area contributed by atoms with Crippen LogP contribution in [0.2, 0.25) is 0 Å². The lowest BCUT2D eigenvalue weighted by Gasteiger charge is -2.34. The fourth-order valence-electron chi connectivity index (χ4n) is 4.67. The molecule has 226 valence electrons. The largest absolute Gasteiger partial charge is 0.497 e. The van der Waals surface area contributed by atoms with Crippen molar-refractivity contribution in [2.45, 2.75) is 77.9 Å². The Morgan fingerprint density at radius 2 is 1.57 bits per heavy atom. The van der Waals surface area contributed by atoms with Gasteiger partial charge in [-0.15, -0.1) is 0 Å². The van der Waals surface area contributed by atoms with Gasteiger partial charge in [-0.05, 0) is 87.6 Å². The first-order valence-corrected chi connectivity index (χ1v) is 15.7. The molecule has 3 aromatic carbocycles. The van der Waals surface area contributed by atoms with Crippen molar-refractivity contribution in [2.75, 3.05) is 18.0 Å². The van der Waals surface area contributed by atoms with Crippen molar-refractivity contribution >= 4 is 27.5 Å². The van der Waals surface area contributed by atoms with Crippen molar-refractivity contribution in [3.05, 3.63) is 89.0 Å². The molecule has 0 fully saturated rings. The van der Waals surface area contributed by atoms with Crippen molar-refractivity contribution in [3.63, 3.8) is 0 Å². The lowest BCUT2D eigenvalue weighted by atomic mass is 10.1. The molecule has 0 aliphatic heterocycles. The molecule has 0 saturated heterocycles. The van der Waals surface area contributed by atoms with E-state index >= 15 is 0 Å². The molecule has 2 atom stereocenters. The van der Waals surface area contributed by atoms with Crippen LogP contribution in [-0.4, -0.2) is 50.9 Å². The summed E-state index contributed by atoms with van der Waals surface area (Å²) in [7, 11) is -2.57. The smallest absolute Gasteiger partial charge is 0.264 e. The lowest BCUT2D eigenvalue weighted by molar-refractivity contribution is -0.140. The zero-order valence-corrected chi connectivity index (χ0v) is 26.5. The zero-order chi connectivity index (χ0) is 31.0. The molecule has 8 nitrogen and oxygen atoms in total. The Morgan fingerprint density at radius 1 is 0.905 bits per heavy atom. The van der Waals surface area contributed by atoms with E-state index in [4.69, 9.17) is 4.74 Å². The molecule has 0 radical (unpaired) electrons. The van der Waals surface area contributed by atoms with E-state index < -0.39 is 28.5 Å². The first-order chi connectivity index (χ1) is 19.9. The molecule has 42 heavy (non-hydrogen) atoms. The highest BCUT2D eigenvalue weighted by Crippen LogP contribution is 2.29. The van der Waals surface area contributed by atoms with E-state index in [0.717, 1.165) is 23.1 Å². The molecule has 3 rings (SSSR count). The quantitative estimate of drug-likeness (QED) is 0.281. The third-order valence-corrected chi connectivity index (χ3v) is 9.17. The van der Waals surface area contributed by atoms with Crippen molar-refractivity contribution in [3.8, 4) is 5.75 Å². The first-order valence-electron chi connectivity index (χ1n) is 14.3. The maximum Gasteiger partial charge on any atom is 0.264 e. The highest BCUT2D eigenvalue weighted by atomic mass is 32.2. The van der Waals surface area contributed by atoms with Gasteiger partial charge in [0.2, 0.25) is 11.8 Å². The number of carbonyl (C=O) groups excluding carboxylic acids is 2.